The van der Waals surface area contributed by atoms with Crippen LogP contribution in [0, 0.1) is 11.3 Å². The van der Waals surface area contributed by atoms with Gasteiger partial charge in [0.1, 0.15) is 0 Å². The van der Waals surface area contributed by atoms with Gasteiger partial charge in [-0.2, -0.15) is 0 Å². The van der Waals surface area contributed by atoms with E-state index in [4.69, 9.17) is 0 Å². The average molecular weight is 372 g/mol. The molecule has 0 spiro atoms. The van der Waals surface area contributed by atoms with E-state index < -0.39 is 11.5 Å². The van der Waals surface area contributed by atoms with E-state index in [1.165, 1.54) is 0 Å². The van der Waals surface area contributed by atoms with Crippen molar-refractivity contribution in [3.05, 3.63) is 0 Å². The van der Waals surface area contributed by atoms with Crippen LogP contribution in [0.5, 0.6) is 0 Å². The Kier molecular flexibility index (Phi) is 9.45. The third-order valence-corrected chi connectivity index (χ3v) is 3.90. The maximum atomic E-state index is 12.8. The Balaban J connectivity index is 5.14. The summed E-state index contributed by atoms with van der Waals surface area (Å²) in [4.78, 5) is 36.5. The highest BCUT2D eigenvalue weighted by atomic mass is 16.2. The Labute approximate surface area is 158 Å². The minimum Gasteiger partial charge on any atom is -0.345 e. The predicted octanol–water partition coefficient (Wildman–Crippen LogP) is 1.23. The maximum absolute atomic E-state index is 12.8. The molecule has 0 fully saturated rings. The fraction of sp³-hybridized carbons (Fsp3) is 0.842. The highest BCUT2D eigenvalue weighted by Gasteiger charge is 2.33. The Morgan fingerprint density at radius 3 is 1.92 bits per heavy atom. The second-order valence-corrected chi connectivity index (χ2v) is 9.28. The lowest BCUT2D eigenvalue weighted by Crippen LogP contribution is -2.63. The highest BCUT2D eigenvalue weighted by molar-refractivity contribution is 5.93. The SMILES string of the molecule is CC(C)C(NC(C)(C)C)C(=O)NC(CCCNC([NH3+])=O)C(=O)C(C)(C)C. The van der Waals surface area contributed by atoms with Crippen LogP contribution in [0.3, 0.4) is 0 Å². The first-order valence-corrected chi connectivity index (χ1v) is 9.37. The number of carbonyl (C=O) groups excluding carboxylic acids is 3. The average Bonchev–Trinajstić information content (AvgIpc) is 2.44. The number of quaternary nitrogens is 1. The number of nitrogens with one attached hydrogen (secondary N) is 3. The normalized spacial score (nSPS) is 14.7. The van der Waals surface area contributed by atoms with Gasteiger partial charge in [-0.05, 0) is 39.5 Å². The molecule has 7 heteroatoms. The number of hydrogen-bond donors (Lipinski definition) is 4. The van der Waals surface area contributed by atoms with E-state index in [0.717, 1.165) is 0 Å². The van der Waals surface area contributed by atoms with Crippen molar-refractivity contribution in [1.29, 1.82) is 0 Å². The van der Waals surface area contributed by atoms with Crippen molar-refractivity contribution in [3.8, 4) is 0 Å². The molecule has 0 aromatic carbocycles. The van der Waals surface area contributed by atoms with E-state index in [1.54, 1.807) is 0 Å². The van der Waals surface area contributed by atoms with Gasteiger partial charge < -0.3 is 16.0 Å². The van der Waals surface area contributed by atoms with Crippen molar-refractivity contribution in [2.24, 2.45) is 11.3 Å². The molecule has 0 saturated heterocycles. The van der Waals surface area contributed by atoms with Crippen molar-refractivity contribution in [1.82, 2.24) is 16.0 Å². The number of hydrogen-bond acceptors (Lipinski definition) is 4. The summed E-state index contributed by atoms with van der Waals surface area (Å²) in [7, 11) is 0. The van der Waals surface area contributed by atoms with Crippen molar-refractivity contribution < 1.29 is 20.1 Å². The van der Waals surface area contributed by atoms with Gasteiger partial charge in [0.05, 0.1) is 12.1 Å². The zero-order valence-corrected chi connectivity index (χ0v) is 17.8. The molecule has 2 unspecified atom stereocenters. The number of ketones is 1. The number of Topliss-reactive ketones (excluding diaryl/α,β-unsaturated/α-hetero) is 1. The molecule has 6 N–H and O–H groups in total. The van der Waals surface area contributed by atoms with E-state index in [1.807, 2.05) is 55.4 Å². The Morgan fingerprint density at radius 2 is 1.54 bits per heavy atom. The molecule has 0 aromatic heterocycles. The summed E-state index contributed by atoms with van der Waals surface area (Å²) in [6.45, 7) is 16.0. The summed E-state index contributed by atoms with van der Waals surface area (Å²) in [5, 5.41) is 8.89. The smallest absolute Gasteiger partial charge is 0.345 e. The van der Waals surface area contributed by atoms with Crippen LogP contribution in [0.2, 0.25) is 0 Å². The van der Waals surface area contributed by atoms with Crippen LogP contribution in [0.25, 0.3) is 0 Å². The first kappa shape index (κ1) is 24.5. The molecule has 152 valence electrons. The Bertz CT molecular complexity index is 490. The van der Waals surface area contributed by atoms with Crippen LogP contribution in [-0.2, 0) is 9.59 Å². The lowest BCUT2D eigenvalue weighted by Gasteiger charge is -2.32. The van der Waals surface area contributed by atoms with Gasteiger partial charge >= 0.3 is 6.03 Å². The summed E-state index contributed by atoms with van der Waals surface area (Å²) in [6, 6.07) is -1.31. The zero-order chi connectivity index (χ0) is 20.7. The molecular formula is C19H39N4O3+. The van der Waals surface area contributed by atoms with Gasteiger partial charge in [0.25, 0.3) is 0 Å². The molecule has 3 amide bonds. The Morgan fingerprint density at radius 1 is 1.00 bits per heavy atom. The summed E-state index contributed by atoms with van der Waals surface area (Å²) in [6.07, 6.45) is 1.07. The number of rotatable bonds is 9. The van der Waals surface area contributed by atoms with Crippen molar-refractivity contribution in [3.63, 3.8) is 0 Å². The van der Waals surface area contributed by atoms with Crippen molar-refractivity contribution in [2.45, 2.75) is 85.9 Å². The van der Waals surface area contributed by atoms with Crippen molar-refractivity contribution >= 4 is 17.7 Å². The minimum atomic E-state index is -0.577. The van der Waals surface area contributed by atoms with E-state index in [-0.39, 0.29) is 35.2 Å². The van der Waals surface area contributed by atoms with Gasteiger partial charge in [0.2, 0.25) is 5.91 Å². The largest absolute Gasteiger partial charge is 0.411 e. The lowest BCUT2D eigenvalue weighted by molar-refractivity contribution is -0.250. The van der Waals surface area contributed by atoms with E-state index >= 15 is 0 Å². The predicted molar refractivity (Wildman–Crippen MR) is 103 cm³/mol. The van der Waals surface area contributed by atoms with Gasteiger partial charge in [-0.25, -0.2) is 4.79 Å². The topological polar surface area (TPSA) is 115 Å². The minimum absolute atomic E-state index is 0.00920. The molecule has 0 radical (unpaired) electrons. The first-order chi connectivity index (χ1) is 11.6. The fourth-order valence-corrected chi connectivity index (χ4v) is 2.59. The molecule has 2 atom stereocenters. The van der Waals surface area contributed by atoms with Gasteiger partial charge in [-0.3, -0.25) is 15.3 Å². The fourth-order valence-electron chi connectivity index (χ4n) is 2.59. The summed E-state index contributed by atoms with van der Waals surface area (Å²) < 4.78 is 0. The molecule has 0 heterocycles. The highest BCUT2D eigenvalue weighted by Crippen LogP contribution is 2.19. The van der Waals surface area contributed by atoms with Gasteiger partial charge in [0, 0.05) is 17.5 Å². The molecule has 26 heavy (non-hydrogen) atoms. The first-order valence-electron chi connectivity index (χ1n) is 9.37. The lowest BCUT2D eigenvalue weighted by atomic mass is 9.84. The van der Waals surface area contributed by atoms with E-state index in [2.05, 4.69) is 21.7 Å². The van der Waals surface area contributed by atoms with Crippen LogP contribution >= 0.6 is 0 Å². The molecule has 7 nitrogen and oxygen atoms in total. The number of carbonyl (C=O) groups is 3. The monoisotopic (exact) mass is 371 g/mol. The van der Waals surface area contributed by atoms with Crippen molar-refractivity contribution in [2.75, 3.05) is 6.54 Å². The molecule has 0 aromatic rings. The van der Waals surface area contributed by atoms with Crippen LogP contribution in [0.15, 0.2) is 0 Å². The van der Waals surface area contributed by atoms with E-state index in [9.17, 15) is 14.4 Å². The third kappa shape index (κ3) is 9.87. The van der Waals surface area contributed by atoms with Crippen LogP contribution in [0.4, 0.5) is 4.79 Å². The van der Waals surface area contributed by atoms with Crippen LogP contribution < -0.4 is 21.7 Å². The molecule has 0 saturated carbocycles. The third-order valence-electron chi connectivity index (χ3n) is 3.90. The maximum Gasteiger partial charge on any atom is 0.411 e. The molecular weight excluding hydrogens is 332 g/mol. The molecule has 0 aliphatic rings. The molecule has 0 rings (SSSR count). The van der Waals surface area contributed by atoms with Crippen LogP contribution in [-0.4, -0.2) is 41.9 Å². The van der Waals surface area contributed by atoms with Gasteiger partial charge in [0.15, 0.2) is 5.78 Å². The second-order valence-electron chi connectivity index (χ2n) is 9.28. The van der Waals surface area contributed by atoms with Gasteiger partial charge in [-0.1, -0.05) is 34.6 Å². The second kappa shape index (κ2) is 10.0. The molecule has 0 aliphatic heterocycles. The quantitative estimate of drug-likeness (QED) is 0.456. The Hall–Kier alpha value is -1.47. The summed E-state index contributed by atoms with van der Waals surface area (Å²) in [5.41, 5.74) is 2.49. The van der Waals surface area contributed by atoms with E-state index in [0.29, 0.717) is 19.4 Å². The summed E-state index contributed by atoms with van der Waals surface area (Å²) >= 11 is 0. The number of amides is 3. The zero-order valence-electron chi connectivity index (χ0n) is 17.8. The van der Waals surface area contributed by atoms with Crippen LogP contribution in [0.1, 0.15) is 68.2 Å². The summed E-state index contributed by atoms with van der Waals surface area (Å²) in [5.74, 6) is -0.0890. The number of urea groups is 1. The molecule has 0 bridgehead atoms. The standard InChI is InChI=1S/C19H38N4O3/c1-12(2)14(23-19(6,7)8)16(25)22-13(15(24)18(3,4)5)10-9-11-21-17(20)26/h12-14,23H,9-11H2,1-8H3,(H,22,25)(H3,20,21,26)/p+1. The molecule has 0 aliphatic carbocycles. The van der Waals surface area contributed by atoms with Gasteiger partial charge in [-0.15, -0.1) is 0 Å².